The van der Waals surface area contributed by atoms with Crippen LogP contribution in [0.25, 0.3) is 0 Å². The van der Waals surface area contributed by atoms with E-state index in [1.54, 1.807) is 7.05 Å². The second-order valence-electron chi connectivity index (χ2n) is 2.39. The second-order valence-corrected chi connectivity index (χ2v) is 2.39. The van der Waals surface area contributed by atoms with Gasteiger partial charge in [-0.25, -0.2) is 8.78 Å². The Morgan fingerprint density at radius 3 is 2.30 bits per heavy atom. The smallest absolute Gasteiger partial charge is 0.272 e. The normalized spacial score (nSPS) is 12.6. The van der Waals surface area contributed by atoms with Crippen LogP contribution in [0.15, 0.2) is 0 Å². The van der Waals surface area contributed by atoms with Gasteiger partial charge >= 0.3 is 0 Å². The minimum atomic E-state index is -2.73. The van der Waals surface area contributed by atoms with Gasteiger partial charge in [-0.1, -0.05) is 6.92 Å². The second kappa shape index (κ2) is 3.83. The van der Waals surface area contributed by atoms with Gasteiger partial charge in [-0.2, -0.15) is 0 Å². The molecule has 0 bridgehead atoms. The maximum absolute atomic E-state index is 12.4. The summed E-state index contributed by atoms with van der Waals surface area (Å²) in [6.45, 7) is 1.62. The van der Waals surface area contributed by atoms with Gasteiger partial charge in [0.05, 0.1) is 13.1 Å². The Bertz CT molecular complexity index is 95.7. The zero-order chi connectivity index (χ0) is 8.20. The topological polar surface area (TPSA) is 29.3 Å². The molecule has 0 saturated carbocycles. The molecule has 0 aromatic carbocycles. The van der Waals surface area contributed by atoms with Crippen LogP contribution in [0.2, 0.25) is 0 Å². The van der Waals surface area contributed by atoms with E-state index in [9.17, 15) is 8.78 Å². The molecule has 0 aromatic heterocycles. The lowest BCUT2D eigenvalue weighted by atomic mass is 10.3. The van der Waals surface area contributed by atoms with E-state index in [0.29, 0.717) is 6.54 Å². The molecule has 0 atom stereocenters. The Hall–Kier alpha value is -0.220. The first kappa shape index (κ1) is 9.78. The average molecular weight is 152 g/mol. The molecule has 0 aliphatic carbocycles. The summed E-state index contributed by atoms with van der Waals surface area (Å²) in [5.41, 5.74) is 4.83. The Morgan fingerprint density at radius 2 is 2.00 bits per heavy atom. The van der Waals surface area contributed by atoms with Crippen molar-refractivity contribution in [3.63, 3.8) is 0 Å². The summed E-state index contributed by atoms with van der Waals surface area (Å²) in [5.74, 6) is -2.73. The van der Waals surface area contributed by atoms with Crippen LogP contribution in [0.4, 0.5) is 8.78 Å². The van der Waals surface area contributed by atoms with E-state index in [0.717, 1.165) is 0 Å². The van der Waals surface area contributed by atoms with Gasteiger partial charge in [0.1, 0.15) is 0 Å². The molecule has 0 unspecified atom stereocenters. The fraction of sp³-hybridized carbons (Fsp3) is 1.00. The van der Waals surface area contributed by atoms with Gasteiger partial charge in [0, 0.05) is 0 Å². The molecule has 0 rings (SSSR count). The van der Waals surface area contributed by atoms with E-state index in [1.165, 1.54) is 4.90 Å². The van der Waals surface area contributed by atoms with Crippen molar-refractivity contribution in [3.8, 4) is 0 Å². The van der Waals surface area contributed by atoms with Gasteiger partial charge < -0.3 is 10.6 Å². The largest absolute Gasteiger partial charge is 0.325 e. The van der Waals surface area contributed by atoms with E-state index < -0.39 is 12.5 Å². The van der Waals surface area contributed by atoms with E-state index in [1.807, 2.05) is 6.92 Å². The van der Waals surface area contributed by atoms with Crippen molar-refractivity contribution < 1.29 is 8.78 Å². The first-order valence-electron chi connectivity index (χ1n) is 3.28. The van der Waals surface area contributed by atoms with Gasteiger partial charge in [0.15, 0.2) is 0 Å². The lowest BCUT2D eigenvalue weighted by Gasteiger charge is -2.20. The van der Waals surface area contributed by atoms with Crippen molar-refractivity contribution in [1.29, 1.82) is 0 Å². The molecule has 0 fully saturated rings. The number of alkyl halides is 2. The van der Waals surface area contributed by atoms with Crippen LogP contribution in [0, 0.1) is 0 Å². The standard InChI is InChI=1S/C6H14F2N2/c1-3-10(2)5-6(7,8)4-9/h3-5,9H2,1-2H3. The van der Waals surface area contributed by atoms with Crippen LogP contribution in [0.5, 0.6) is 0 Å². The van der Waals surface area contributed by atoms with Gasteiger partial charge in [0.25, 0.3) is 5.92 Å². The predicted molar refractivity (Wildman–Crippen MR) is 37.2 cm³/mol. The SMILES string of the molecule is CCN(C)CC(F)(F)CN. The maximum Gasteiger partial charge on any atom is 0.272 e. The summed E-state index contributed by atoms with van der Waals surface area (Å²) in [5, 5.41) is 0. The summed E-state index contributed by atoms with van der Waals surface area (Å²) in [4.78, 5) is 1.53. The molecule has 0 aliphatic rings. The fourth-order valence-electron chi connectivity index (χ4n) is 0.571. The summed E-state index contributed by atoms with van der Waals surface area (Å²) in [6, 6.07) is 0. The highest BCUT2D eigenvalue weighted by atomic mass is 19.3. The number of nitrogens with two attached hydrogens (primary N) is 1. The monoisotopic (exact) mass is 152 g/mol. The lowest BCUT2D eigenvalue weighted by molar-refractivity contribution is -0.0163. The molecular formula is C6H14F2N2. The molecule has 0 amide bonds. The number of hydrogen-bond acceptors (Lipinski definition) is 2. The Balaban J connectivity index is 3.64. The number of rotatable bonds is 4. The average Bonchev–Trinajstić information content (AvgIpc) is 1.87. The molecule has 0 radical (unpaired) electrons. The zero-order valence-corrected chi connectivity index (χ0v) is 6.40. The summed E-state index contributed by atoms with van der Waals surface area (Å²) in [6.07, 6.45) is 0. The minimum absolute atomic E-state index is 0.250. The Kier molecular flexibility index (Phi) is 3.75. The van der Waals surface area contributed by atoms with Crippen LogP contribution in [-0.2, 0) is 0 Å². The van der Waals surface area contributed by atoms with Gasteiger partial charge in [-0.15, -0.1) is 0 Å². The van der Waals surface area contributed by atoms with Crippen LogP contribution in [-0.4, -0.2) is 37.5 Å². The maximum atomic E-state index is 12.4. The highest BCUT2D eigenvalue weighted by molar-refractivity contribution is 4.70. The van der Waals surface area contributed by atoms with Gasteiger partial charge in [-0.3, -0.25) is 0 Å². The van der Waals surface area contributed by atoms with Gasteiger partial charge in [0.2, 0.25) is 0 Å². The van der Waals surface area contributed by atoms with E-state index in [4.69, 9.17) is 5.73 Å². The quantitative estimate of drug-likeness (QED) is 0.636. The molecule has 0 aliphatic heterocycles. The first-order valence-corrected chi connectivity index (χ1v) is 3.28. The number of hydrogen-bond donors (Lipinski definition) is 1. The molecule has 2 nitrogen and oxygen atoms in total. The molecule has 4 heteroatoms. The third-order valence-electron chi connectivity index (χ3n) is 1.34. The van der Waals surface area contributed by atoms with Crippen LogP contribution >= 0.6 is 0 Å². The molecule has 2 N–H and O–H groups in total. The van der Waals surface area contributed by atoms with Crippen LogP contribution in [0.3, 0.4) is 0 Å². The van der Waals surface area contributed by atoms with Crippen LogP contribution < -0.4 is 5.73 Å². The fourth-order valence-corrected chi connectivity index (χ4v) is 0.571. The van der Waals surface area contributed by atoms with Crippen molar-refractivity contribution >= 4 is 0 Å². The molecule has 0 aromatic rings. The zero-order valence-electron chi connectivity index (χ0n) is 6.40. The summed E-state index contributed by atoms with van der Waals surface area (Å²) >= 11 is 0. The van der Waals surface area contributed by atoms with Crippen molar-refractivity contribution in [3.05, 3.63) is 0 Å². The van der Waals surface area contributed by atoms with Crippen LogP contribution in [0.1, 0.15) is 6.92 Å². The Labute approximate surface area is 60.0 Å². The third kappa shape index (κ3) is 3.74. The highest BCUT2D eigenvalue weighted by Gasteiger charge is 2.27. The van der Waals surface area contributed by atoms with Crippen molar-refractivity contribution in [2.75, 3.05) is 26.7 Å². The summed E-state index contributed by atoms with van der Waals surface area (Å²) < 4.78 is 24.8. The number of nitrogens with zero attached hydrogens (tertiary/aromatic N) is 1. The predicted octanol–water partition coefficient (Wildman–Crippen LogP) is 0.532. The van der Waals surface area contributed by atoms with E-state index in [-0.39, 0.29) is 6.54 Å². The van der Waals surface area contributed by atoms with Crippen molar-refractivity contribution in [2.45, 2.75) is 12.8 Å². The minimum Gasteiger partial charge on any atom is -0.325 e. The van der Waals surface area contributed by atoms with E-state index in [2.05, 4.69) is 0 Å². The highest BCUT2D eigenvalue weighted by Crippen LogP contribution is 2.11. The molecule has 0 heterocycles. The van der Waals surface area contributed by atoms with Crippen molar-refractivity contribution in [2.24, 2.45) is 5.73 Å². The molecule has 62 valence electrons. The third-order valence-corrected chi connectivity index (χ3v) is 1.34. The molecule has 10 heavy (non-hydrogen) atoms. The van der Waals surface area contributed by atoms with Gasteiger partial charge in [-0.05, 0) is 13.6 Å². The summed E-state index contributed by atoms with van der Waals surface area (Å²) in [7, 11) is 1.64. The molecule has 0 saturated heterocycles. The number of halogens is 2. The lowest BCUT2D eigenvalue weighted by Crippen LogP contribution is -2.39. The first-order chi connectivity index (χ1) is 4.52. The van der Waals surface area contributed by atoms with E-state index >= 15 is 0 Å². The Morgan fingerprint density at radius 1 is 1.50 bits per heavy atom. The molecular weight excluding hydrogens is 138 g/mol. The van der Waals surface area contributed by atoms with Crippen molar-refractivity contribution in [1.82, 2.24) is 4.90 Å². The molecule has 0 spiro atoms.